The Morgan fingerprint density at radius 2 is 1.87 bits per heavy atom. The molecule has 1 amide bonds. The fourth-order valence-corrected chi connectivity index (χ4v) is 3.13. The smallest absolute Gasteiger partial charge is 0.410 e. The molecule has 9 nitrogen and oxygen atoms in total. The average Bonchev–Trinajstić information content (AvgIpc) is 3.05. The summed E-state index contributed by atoms with van der Waals surface area (Å²) in [6.45, 7) is 12.9. The molecule has 1 saturated heterocycles. The molecule has 0 radical (unpaired) electrons. The molecule has 1 aromatic rings. The molecule has 0 spiro atoms. The van der Waals surface area contributed by atoms with Crippen LogP contribution in [0.5, 0.6) is 0 Å². The van der Waals surface area contributed by atoms with Crippen LogP contribution >= 0.6 is 0 Å². The van der Waals surface area contributed by atoms with Gasteiger partial charge in [-0.1, -0.05) is 5.92 Å². The van der Waals surface area contributed by atoms with Gasteiger partial charge in [0.15, 0.2) is 5.69 Å². The summed E-state index contributed by atoms with van der Waals surface area (Å²) in [5.74, 6) is 5.77. The zero-order chi connectivity index (χ0) is 22.5. The van der Waals surface area contributed by atoms with Gasteiger partial charge in [0.1, 0.15) is 11.3 Å². The van der Waals surface area contributed by atoms with Crippen molar-refractivity contribution in [3.63, 3.8) is 0 Å². The van der Waals surface area contributed by atoms with E-state index >= 15 is 0 Å². The number of ether oxygens (including phenoxy) is 2. The van der Waals surface area contributed by atoms with Gasteiger partial charge in [0, 0.05) is 26.2 Å². The van der Waals surface area contributed by atoms with E-state index < -0.39 is 17.7 Å². The van der Waals surface area contributed by atoms with Crippen LogP contribution in [-0.2, 0) is 16.0 Å². The molecule has 1 aromatic heterocycles. The summed E-state index contributed by atoms with van der Waals surface area (Å²) >= 11 is 0. The van der Waals surface area contributed by atoms with Gasteiger partial charge in [-0.05, 0) is 41.5 Å². The van der Waals surface area contributed by atoms with Crippen molar-refractivity contribution < 1.29 is 24.2 Å². The third kappa shape index (κ3) is 5.66. The molecule has 0 bridgehead atoms. The summed E-state index contributed by atoms with van der Waals surface area (Å²) in [6, 6.07) is 0. The Morgan fingerprint density at radius 1 is 1.23 bits per heavy atom. The van der Waals surface area contributed by atoms with Crippen LogP contribution in [0, 0.1) is 11.8 Å². The third-order valence-corrected chi connectivity index (χ3v) is 4.47. The first-order valence-electron chi connectivity index (χ1n) is 10.2. The van der Waals surface area contributed by atoms with E-state index in [1.165, 1.54) is 0 Å². The Bertz CT molecular complexity index is 821. The Hall–Kier alpha value is -2.73. The van der Waals surface area contributed by atoms with Crippen LogP contribution in [0.4, 0.5) is 10.7 Å². The average molecular weight is 421 g/mol. The maximum Gasteiger partial charge on any atom is 0.410 e. The Kier molecular flexibility index (Phi) is 7.73. The second-order valence-electron chi connectivity index (χ2n) is 8.01. The van der Waals surface area contributed by atoms with Crippen LogP contribution in [0.3, 0.4) is 0 Å². The van der Waals surface area contributed by atoms with Gasteiger partial charge in [-0.15, -0.1) is 5.92 Å². The fraction of sp³-hybridized carbons (Fsp3) is 0.667. The number of carbonyl (C=O) groups is 2. The van der Waals surface area contributed by atoms with E-state index in [1.807, 2.05) is 25.7 Å². The lowest BCUT2D eigenvalue weighted by atomic mass is 10.2. The van der Waals surface area contributed by atoms with Crippen molar-refractivity contribution >= 4 is 18.0 Å². The molecule has 1 fully saturated rings. The van der Waals surface area contributed by atoms with Crippen molar-refractivity contribution in [2.24, 2.45) is 0 Å². The van der Waals surface area contributed by atoms with Crippen LogP contribution in [0.2, 0.25) is 0 Å². The number of anilines is 1. The lowest BCUT2D eigenvalue weighted by Gasteiger charge is -2.36. The zero-order valence-electron chi connectivity index (χ0n) is 18.7. The van der Waals surface area contributed by atoms with Gasteiger partial charge in [-0.3, -0.25) is 4.57 Å². The number of hydrogen-bond acceptors (Lipinski definition) is 7. The lowest BCUT2D eigenvalue weighted by Crippen LogP contribution is -2.50. The van der Waals surface area contributed by atoms with Crippen molar-refractivity contribution in [2.45, 2.75) is 59.8 Å². The molecule has 1 unspecified atom stereocenters. The molecule has 0 aliphatic carbocycles. The minimum atomic E-state index is -0.943. The molecule has 1 atom stereocenters. The number of aliphatic hydroxyl groups excluding tert-OH is 1. The highest BCUT2D eigenvalue weighted by molar-refractivity contribution is 5.90. The van der Waals surface area contributed by atoms with E-state index in [1.54, 1.807) is 30.2 Å². The predicted molar refractivity (Wildman–Crippen MR) is 112 cm³/mol. The lowest BCUT2D eigenvalue weighted by molar-refractivity contribution is 0.0240. The number of esters is 1. The Balaban J connectivity index is 2.30. The van der Waals surface area contributed by atoms with Gasteiger partial charge >= 0.3 is 12.1 Å². The van der Waals surface area contributed by atoms with Crippen molar-refractivity contribution in [2.75, 3.05) is 37.7 Å². The largest absolute Gasteiger partial charge is 0.461 e. The van der Waals surface area contributed by atoms with Crippen LogP contribution in [0.25, 0.3) is 0 Å². The van der Waals surface area contributed by atoms with Crippen LogP contribution in [0.1, 0.15) is 63.8 Å². The number of aromatic nitrogens is 2. The van der Waals surface area contributed by atoms with Gasteiger partial charge in [0.25, 0.3) is 0 Å². The SMILES string of the molecule is CC#CCn1c(N2CCN(C(=O)OC(C)(C)C)CC2)nc(C(C)O)c1C(=O)OCC. The second kappa shape index (κ2) is 9.85. The molecule has 1 N–H and O–H groups in total. The normalized spacial score (nSPS) is 15.3. The first-order chi connectivity index (χ1) is 14.1. The van der Waals surface area contributed by atoms with Crippen molar-refractivity contribution in [1.29, 1.82) is 0 Å². The number of aliphatic hydroxyl groups is 1. The van der Waals surface area contributed by atoms with E-state index in [-0.39, 0.29) is 30.6 Å². The Morgan fingerprint density at radius 3 is 2.37 bits per heavy atom. The number of piperazine rings is 1. The van der Waals surface area contributed by atoms with Gasteiger partial charge in [-0.25, -0.2) is 14.6 Å². The fourth-order valence-electron chi connectivity index (χ4n) is 3.13. The summed E-state index contributed by atoms with van der Waals surface area (Å²) in [5, 5.41) is 10.2. The highest BCUT2D eigenvalue weighted by atomic mass is 16.6. The molecule has 9 heteroatoms. The molecule has 0 saturated carbocycles. The summed E-state index contributed by atoms with van der Waals surface area (Å²) < 4.78 is 12.3. The molecule has 1 aliphatic heterocycles. The topological polar surface area (TPSA) is 97.1 Å². The number of rotatable bonds is 5. The number of imidazole rings is 1. The van der Waals surface area contributed by atoms with Crippen molar-refractivity contribution in [1.82, 2.24) is 14.5 Å². The number of nitrogens with zero attached hydrogens (tertiary/aromatic N) is 4. The minimum Gasteiger partial charge on any atom is -0.461 e. The molecular formula is C21H32N4O5. The third-order valence-electron chi connectivity index (χ3n) is 4.47. The first-order valence-corrected chi connectivity index (χ1v) is 10.2. The van der Waals surface area contributed by atoms with Crippen LogP contribution < -0.4 is 4.90 Å². The molecule has 166 valence electrons. The minimum absolute atomic E-state index is 0.208. The zero-order valence-corrected chi connectivity index (χ0v) is 18.7. The molecule has 0 aromatic carbocycles. The molecule has 30 heavy (non-hydrogen) atoms. The summed E-state index contributed by atoms with van der Waals surface area (Å²) in [6.07, 6.45) is -1.29. The first kappa shape index (κ1) is 23.5. The van der Waals surface area contributed by atoms with Crippen molar-refractivity contribution in [3.8, 4) is 11.8 Å². The molecule has 2 rings (SSSR count). The van der Waals surface area contributed by atoms with Crippen LogP contribution in [0.15, 0.2) is 0 Å². The Labute approximate surface area is 177 Å². The van der Waals surface area contributed by atoms with Gasteiger partial charge in [0.05, 0.1) is 19.3 Å². The number of hydrogen-bond donors (Lipinski definition) is 1. The molecule has 1 aliphatic rings. The van der Waals surface area contributed by atoms with E-state index in [0.717, 1.165) is 0 Å². The van der Waals surface area contributed by atoms with Gasteiger partial charge in [-0.2, -0.15) is 0 Å². The molecule has 2 heterocycles. The van der Waals surface area contributed by atoms with E-state index in [0.29, 0.717) is 32.1 Å². The highest BCUT2D eigenvalue weighted by Gasteiger charge is 2.32. The predicted octanol–water partition coefficient (Wildman–Crippen LogP) is 2.19. The quantitative estimate of drug-likeness (QED) is 0.576. The maximum absolute atomic E-state index is 12.6. The van der Waals surface area contributed by atoms with E-state index in [4.69, 9.17) is 9.47 Å². The monoisotopic (exact) mass is 420 g/mol. The molecular weight excluding hydrogens is 388 g/mol. The van der Waals surface area contributed by atoms with E-state index in [2.05, 4.69) is 16.8 Å². The highest BCUT2D eigenvalue weighted by Crippen LogP contribution is 2.26. The van der Waals surface area contributed by atoms with Gasteiger partial charge in [0.2, 0.25) is 5.95 Å². The maximum atomic E-state index is 12.6. The number of carbonyl (C=O) groups excluding carboxylic acids is 2. The van der Waals surface area contributed by atoms with E-state index in [9.17, 15) is 14.7 Å². The second-order valence-corrected chi connectivity index (χ2v) is 8.01. The van der Waals surface area contributed by atoms with Crippen LogP contribution in [-0.4, -0.2) is 70.0 Å². The summed E-state index contributed by atoms with van der Waals surface area (Å²) in [4.78, 5) is 33.1. The standard InChI is InChI=1S/C21H32N4O5/c1-7-9-10-25-17(18(27)29-8-2)16(15(3)26)22-19(25)23-11-13-24(14-12-23)20(28)30-21(4,5)6/h15,26H,8,10-14H2,1-6H3. The summed E-state index contributed by atoms with van der Waals surface area (Å²) in [5.41, 5.74) is -0.0839. The number of amides is 1. The van der Waals surface area contributed by atoms with Gasteiger partial charge < -0.3 is 24.4 Å². The summed E-state index contributed by atoms with van der Waals surface area (Å²) in [7, 11) is 0. The van der Waals surface area contributed by atoms with Crippen molar-refractivity contribution in [3.05, 3.63) is 11.4 Å².